The summed E-state index contributed by atoms with van der Waals surface area (Å²) in [5.41, 5.74) is 12.3. The first-order chi connectivity index (χ1) is 20.9. The first-order valence-corrected chi connectivity index (χ1v) is 14.5. The minimum absolute atomic E-state index is 1.13. The second-order valence-corrected chi connectivity index (χ2v) is 11.0. The fourth-order valence-electron chi connectivity index (χ4n) is 6.94. The number of hydrogen-bond acceptors (Lipinski definition) is 1. The van der Waals surface area contributed by atoms with Gasteiger partial charge < -0.3 is 9.47 Å². The van der Waals surface area contributed by atoms with E-state index < -0.39 is 0 Å². The summed E-state index contributed by atoms with van der Waals surface area (Å²) >= 11 is 0. The second kappa shape index (κ2) is 8.95. The molecule has 1 aliphatic rings. The van der Waals surface area contributed by atoms with Crippen molar-refractivity contribution in [1.29, 1.82) is 0 Å². The van der Waals surface area contributed by atoms with Crippen LogP contribution in [0.1, 0.15) is 0 Å². The van der Waals surface area contributed by atoms with Gasteiger partial charge in [-0.05, 0) is 82.2 Å². The van der Waals surface area contributed by atoms with Gasteiger partial charge in [0.2, 0.25) is 0 Å². The maximum Gasteiger partial charge on any atom is 0.0541 e. The second-order valence-electron chi connectivity index (χ2n) is 11.0. The molecule has 0 fully saturated rings. The van der Waals surface area contributed by atoms with Crippen molar-refractivity contribution in [3.8, 4) is 27.9 Å². The van der Waals surface area contributed by atoms with E-state index in [4.69, 9.17) is 0 Å². The van der Waals surface area contributed by atoms with E-state index in [1.54, 1.807) is 0 Å². The average Bonchev–Trinajstić information content (AvgIpc) is 3.57. The van der Waals surface area contributed by atoms with Crippen LogP contribution in [0.3, 0.4) is 0 Å². The molecule has 0 saturated heterocycles. The molecule has 9 rings (SSSR count). The summed E-state index contributed by atoms with van der Waals surface area (Å²) in [4.78, 5) is 2.39. The van der Waals surface area contributed by atoms with Crippen molar-refractivity contribution in [1.82, 2.24) is 4.57 Å². The van der Waals surface area contributed by atoms with Gasteiger partial charge in [0.05, 0.1) is 16.7 Å². The monoisotopic (exact) mass is 534 g/mol. The van der Waals surface area contributed by atoms with E-state index in [1.807, 2.05) is 0 Å². The van der Waals surface area contributed by atoms with Crippen molar-refractivity contribution < 1.29 is 0 Å². The van der Waals surface area contributed by atoms with E-state index in [0.717, 1.165) is 17.1 Å². The Morgan fingerprint density at radius 2 is 0.881 bits per heavy atom. The standard InChI is InChI=1S/C40H26N2/c1-2-11-27(12-3-1)41(39-26-25-35-31-14-5-4-13-30(31)34-17-10-18-36(39)40(34)35)28-21-23-29(24-22-28)42-37-19-8-6-15-32(37)33-16-7-9-20-38(33)42/h1-26H. The Kier molecular flexibility index (Phi) is 4.93. The Labute approximate surface area is 244 Å². The quantitative estimate of drug-likeness (QED) is 0.218. The molecule has 42 heavy (non-hydrogen) atoms. The number of benzene rings is 7. The van der Waals surface area contributed by atoms with Crippen LogP contribution in [-0.2, 0) is 0 Å². The predicted octanol–water partition coefficient (Wildman–Crippen LogP) is 11.1. The molecule has 1 heterocycles. The summed E-state index contributed by atoms with van der Waals surface area (Å²) in [6.45, 7) is 0. The largest absolute Gasteiger partial charge is 0.310 e. The highest BCUT2D eigenvalue weighted by atomic mass is 15.1. The lowest BCUT2D eigenvalue weighted by Crippen LogP contribution is -2.10. The van der Waals surface area contributed by atoms with Gasteiger partial charge in [0.1, 0.15) is 0 Å². The van der Waals surface area contributed by atoms with E-state index in [2.05, 4.69) is 167 Å². The van der Waals surface area contributed by atoms with Gasteiger partial charge in [0, 0.05) is 33.2 Å². The molecular formula is C40H26N2. The lowest BCUT2D eigenvalue weighted by Gasteiger charge is -2.27. The first kappa shape index (κ1) is 23.1. The summed E-state index contributed by atoms with van der Waals surface area (Å²) < 4.78 is 2.37. The molecule has 7 aromatic carbocycles. The molecule has 0 N–H and O–H groups in total. The predicted molar refractivity (Wildman–Crippen MR) is 177 cm³/mol. The van der Waals surface area contributed by atoms with Gasteiger partial charge in [0.25, 0.3) is 0 Å². The molecule has 196 valence electrons. The Bertz CT molecular complexity index is 2210. The third kappa shape index (κ3) is 3.27. The molecule has 0 aliphatic heterocycles. The van der Waals surface area contributed by atoms with Crippen molar-refractivity contribution in [2.45, 2.75) is 0 Å². The molecular weight excluding hydrogens is 508 g/mol. The summed E-state index contributed by atoms with van der Waals surface area (Å²) in [5.74, 6) is 0. The molecule has 1 aliphatic carbocycles. The van der Waals surface area contributed by atoms with Crippen LogP contribution in [0.5, 0.6) is 0 Å². The summed E-state index contributed by atoms with van der Waals surface area (Å²) in [5, 5.41) is 5.14. The number of nitrogens with zero attached hydrogens (tertiary/aromatic N) is 2. The lowest BCUT2D eigenvalue weighted by atomic mass is 10.00. The van der Waals surface area contributed by atoms with Crippen LogP contribution < -0.4 is 4.90 Å². The molecule has 1 aromatic heterocycles. The molecule has 0 spiro atoms. The topological polar surface area (TPSA) is 8.17 Å². The average molecular weight is 535 g/mol. The van der Waals surface area contributed by atoms with Gasteiger partial charge in [-0.15, -0.1) is 0 Å². The van der Waals surface area contributed by atoms with E-state index in [-0.39, 0.29) is 0 Å². The maximum atomic E-state index is 2.39. The molecule has 8 aromatic rings. The van der Waals surface area contributed by atoms with Crippen LogP contribution in [0.2, 0.25) is 0 Å². The number of fused-ring (bicyclic) bond motifs is 6. The third-order valence-electron chi connectivity index (χ3n) is 8.73. The van der Waals surface area contributed by atoms with Crippen molar-refractivity contribution in [3.05, 3.63) is 158 Å². The van der Waals surface area contributed by atoms with Crippen LogP contribution >= 0.6 is 0 Å². The molecule has 0 unspecified atom stereocenters. The zero-order valence-corrected chi connectivity index (χ0v) is 22.9. The minimum atomic E-state index is 1.13. The van der Waals surface area contributed by atoms with E-state index in [1.165, 1.54) is 60.5 Å². The van der Waals surface area contributed by atoms with Gasteiger partial charge >= 0.3 is 0 Å². The summed E-state index contributed by atoms with van der Waals surface area (Å²) in [6, 6.07) is 57.1. The molecule has 0 radical (unpaired) electrons. The summed E-state index contributed by atoms with van der Waals surface area (Å²) in [6.07, 6.45) is 0. The smallest absolute Gasteiger partial charge is 0.0541 e. The van der Waals surface area contributed by atoms with Crippen molar-refractivity contribution >= 4 is 49.6 Å². The Morgan fingerprint density at radius 1 is 0.357 bits per heavy atom. The molecule has 0 saturated carbocycles. The van der Waals surface area contributed by atoms with Crippen molar-refractivity contribution in [3.63, 3.8) is 0 Å². The molecule has 0 amide bonds. The molecule has 2 nitrogen and oxygen atoms in total. The number of aromatic nitrogens is 1. The van der Waals surface area contributed by atoms with E-state index in [0.29, 0.717) is 0 Å². The minimum Gasteiger partial charge on any atom is -0.310 e. The van der Waals surface area contributed by atoms with Crippen molar-refractivity contribution in [2.24, 2.45) is 0 Å². The number of hydrogen-bond donors (Lipinski definition) is 0. The first-order valence-electron chi connectivity index (χ1n) is 14.5. The molecule has 2 heteroatoms. The van der Waals surface area contributed by atoms with Crippen LogP contribution in [0, 0.1) is 0 Å². The zero-order chi connectivity index (χ0) is 27.6. The highest BCUT2D eigenvalue weighted by Gasteiger charge is 2.24. The Balaban J connectivity index is 1.24. The third-order valence-corrected chi connectivity index (χ3v) is 8.73. The van der Waals surface area contributed by atoms with Gasteiger partial charge in [-0.1, -0.05) is 103 Å². The number of rotatable bonds is 4. The van der Waals surface area contributed by atoms with Gasteiger partial charge in [-0.25, -0.2) is 0 Å². The fraction of sp³-hybridized carbons (Fsp3) is 0. The van der Waals surface area contributed by atoms with E-state index >= 15 is 0 Å². The van der Waals surface area contributed by atoms with E-state index in [9.17, 15) is 0 Å². The van der Waals surface area contributed by atoms with Gasteiger partial charge in [-0.2, -0.15) is 0 Å². The van der Waals surface area contributed by atoms with Gasteiger partial charge in [0.15, 0.2) is 0 Å². The molecule has 0 bridgehead atoms. The Morgan fingerprint density at radius 3 is 1.57 bits per heavy atom. The lowest BCUT2D eigenvalue weighted by molar-refractivity contribution is 1.17. The number of anilines is 3. The maximum absolute atomic E-state index is 2.39. The Hall–Kier alpha value is -5.60. The van der Waals surface area contributed by atoms with Crippen LogP contribution in [0.15, 0.2) is 158 Å². The van der Waals surface area contributed by atoms with Crippen LogP contribution in [0.4, 0.5) is 17.1 Å². The zero-order valence-electron chi connectivity index (χ0n) is 22.9. The van der Waals surface area contributed by atoms with Crippen molar-refractivity contribution in [2.75, 3.05) is 4.90 Å². The van der Waals surface area contributed by atoms with Crippen LogP contribution in [0.25, 0.3) is 60.5 Å². The number of para-hydroxylation sites is 3. The van der Waals surface area contributed by atoms with Crippen LogP contribution in [-0.4, -0.2) is 4.57 Å². The fourth-order valence-corrected chi connectivity index (χ4v) is 6.94. The highest BCUT2D eigenvalue weighted by Crippen LogP contribution is 2.51. The van der Waals surface area contributed by atoms with Gasteiger partial charge in [-0.3, -0.25) is 0 Å². The normalized spacial score (nSPS) is 11.8. The summed E-state index contributed by atoms with van der Waals surface area (Å²) in [7, 11) is 0. The molecule has 0 atom stereocenters. The SMILES string of the molecule is c1ccc(N(c2ccc(-n3c4ccccc4c4ccccc43)cc2)c2ccc3c4c(cccc24)-c2ccccc2-3)cc1. The highest BCUT2D eigenvalue weighted by molar-refractivity contribution is 6.19.